The summed E-state index contributed by atoms with van der Waals surface area (Å²) < 4.78 is 0. The number of carbonyl (C=O) groups is 1. The summed E-state index contributed by atoms with van der Waals surface area (Å²) >= 11 is 1.50. The van der Waals surface area contributed by atoms with E-state index in [-0.39, 0.29) is 12.1 Å². The summed E-state index contributed by atoms with van der Waals surface area (Å²) in [5, 5.41) is 15.3. The molecule has 1 rings (SSSR count). The largest absolute Gasteiger partial charge is 0.393 e. The SMILES string of the molecule is CCCc1cnc(NC(=O)NCCC(O)CC)s1. The minimum Gasteiger partial charge on any atom is -0.393 e. The first-order valence-electron chi connectivity index (χ1n) is 6.33. The van der Waals surface area contributed by atoms with E-state index in [4.69, 9.17) is 0 Å². The lowest BCUT2D eigenvalue weighted by molar-refractivity contribution is 0.160. The number of urea groups is 1. The molecule has 0 saturated heterocycles. The molecule has 0 spiro atoms. The van der Waals surface area contributed by atoms with Gasteiger partial charge in [0.2, 0.25) is 0 Å². The van der Waals surface area contributed by atoms with Crippen LogP contribution in [0.15, 0.2) is 6.20 Å². The third-order valence-electron chi connectivity index (χ3n) is 2.50. The molecule has 1 unspecified atom stereocenters. The molecule has 0 fully saturated rings. The quantitative estimate of drug-likeness (QED) is 0.713. The summed E-state index contributed by atoms with van der Waals surface area (Å²) in [5.74, 6) is 0. The van der Waals surface area contributed by atoms with Gasteiger partial charge in [-0.15, -0.1) is 11.3 Å². The molecular weight excluding hydrogens is 250 g/mol. The summed E-state index contributed by atoms with van der Waals surface area (Å²) in [6, 6.07) is -0.268. The number of amides is 2. The molecule has 6 heteroatoms. The Hall–Kier alpha value is -1.14. The van der Waals surface area contributed by atoms with E-state index in [9.17, 15) is 9.90 Å². The molecule has 18 heavy (non-hydrogen) atoms. The third kappa shape index (κ3) is 5.46. The molecule has 1 heterocycles. The lowest BCUT2D eigenvalue weighted by Crippen LogP contribution is -2.31. The van der Waals surface area contributed by atoms with Crippen molar-refractivity contribution in [2.45, 2.75) is 45.6 Å². The van der Waals surface area contributed by atoms with Crippen LogP contribution in [0.1, 0.15) is 38.0 Å². The third-order valence-corrected chi connectivity index (χ3v) is 3.48. The van der Waals surface area contributed by atoms with E-state index in [1.54, 1.807) is 6.20 Å². The molecule has 0 aliphatic carbocycles. The van der Waals surface area contributed by atoms with E-state index >= 15 is 0 Å². The monoisotopic (exact) mass is 271 g/mol. The van der Waals surface area contributed by atoms with Crippen molar-refractivity contribution in [2.24, 2.45) is 0 Å². The predicted octanol–water partition coefficient (Wildman–Crippen LogP) is 2.38. The number of anilines is 1. The number of nitrogens with zero attached hydrogens (tertiary/aromatic N) is 1. The molecule has 1 aromatic heterocycles. The second kappa shape index (κ2) is 8.05. The van der Waals surface area contributed by atoms with Gasteiger partial charge in [-0.05, 0) is 19.3 Å². The molecule has 0 aliphatic heterocycles. The van der Waals surface area contributed by atoms with Crippen molar-refractivity contribution < 1.29 is 9.90 Å². The number of aliphatic hydroxyl groups is 1. The number of hydrogen-bond donors (Lipinski definition) is 3. The van der Waals surface area contributed by atoms with E-state index in [1.165, 1.54) is 16.2 Å². The Bertz CT molecular complexity index is 368. The summed E-state index contributed by atoms with van der Waals surface area (Å²) in [5.41, 5.74) is 0. The number of aromatic nitrogens is 1. The van der Waals surface area contributed by atoms with Crippen molar-refractivity contribution in [3.8, 4) is 0 Å². The fraction of sp³-hybridized carbons (Fsp3) is 0.667. The van der Waals surface area contributed by atoms with Crippen LogP contribution in [-0.4, -0.2) is 28.8 Å². The molecule has 0 aliphatic rings. The van der Waals surface area contributed by atoms with Crippen LogP contribution in [-0.2, 0) is 6.42 Å². The highest BCUT2D eigenvalue weighted by molar-refractivity contribution is 7.15. The van der Waals surface area contributed by atoms with Gasteiger partial charge in [0.1, 0.15) is 0 Å². The molecule has 0 radical (unpaired) electrons. The van der Waals surface area contributed by atoms with Crippen LogP contribution < -0.4 is 10.6 Å². The number of nitrogens with one attached hydrogen (secondary N) is 2. The zero-order valence-corrected chi connectivity index (χ0v) is 11.7. The van der Waals surface area contributed by atoms with Crippen LogP contribution in [0.5, 0.6) is 0 Å². The summed E-state index contributed by atoms with van der Waals surface area (Å²) in [6.07, 6.45) is 4.79. The van der Waals surface area contributed by atoms with E-state index in [1.807, 2.05) is 6.92 Å². The Balaban J connectivity index is 2.26. The molecule has 5 nitrogen and oxygen atoms in total. The molecule has 3 N–H and O–H groups in total. The second-order valence-electron chi connectivity index (χ2n) is 4.11. The molecule has 1 aromatic rings. The molecule has 102 valence electrons. The minimum atomic E-state index is -0.346. The maximum atomic E-state index is 11.5. The number of carbonyl (C=O) groups excluding carboxylic acids is 1. The number of aliphatic hydroxyl groups excluding tert-OH is 1. The summed E-state index contributed by atoms with van der Waals surface area (Å²) in [4.78, 5) is 16.8. The molecule has 0 aromatic carbocycles. The van der Waals surface area contributed by atoms with Crippen LogP contribution in [0.25, 0.3) is 0 Å². The van der Waals surface area contributed by atoms with Gasteiger partial charge in [-0.3, -0.25) is 5.32 Å². The van der Waals surface area contributed by atoms with Crippen LogP contribution in [0, 0.1) is 0 Å². The minimum absolute atomic E-state index is 0.268. The summed E-state index contributed by atoms with van der Waals surface area (Å²) in [6.45, 7) is 4.49. The highest BCUT2D eigenvalue weighted by Gasteiger charge is 2.06. The normalized spacial score (nSPS) is 12.2. The lowest BCUT2D eigenvalue weighted by Gasteiger charge is -2.08. The Labute approximate surface area is 112 Å². The summed E-state index contributed by atoms with van der Waals surface area (Å²) in [7, 11) is 0. The number of thiazole rings is 1. The van der Waals surface area contributed by atoms with Crippen molar-refractivity contribution in [3.05, 3.63) is 11.1 Å². The average Bonchev–Trinajstić information content (AvgIpc) is 2.76. The maximum Gasteiger partial charge on any atom is 0.321 e. The van der Waals surface area contributed by atoms with Crippen LogP contribution in [0.4, 0.5) is 9.93 Å². The highest BCUT2D eigenvalue weighted by atomic mass is 32.1. The van der Waals surface area contributed by atoms with Gasteiger partial charge in [0, 0.05) is 17.6 Å². The Morgan fingerprint density at radius 1 is 1.56 bits per heavy atom. The van der Waals surface area contributed by atoms with Crippen LogP contribution >= 0.6 is 11.3 Å². The van der Waals surface area contributed by atoms with Crippen molar-refractivity contribution in [3.63, 3.8) is 0 Å². The number of aryl methyl sites for hydroxylation is 1. The van der Waals surface area contributed by atoms with Crippen molar-refractivity contribution >= 4 is 22.5 Å². The van der Waals surface area contributed by atoms with E-state index < -0.39 is 0 Å². The molecule has 0 bridgehead atoms. The van der Waals surface area contributed by atoms with Gasteiger partial charge < -0.3 is 10.4 Å². The van der Waals surface area contributed by atoms with Gasteiger partial charge in [-0.1, -0.05) is 20.3 Å². The van der Waals surface area contributed by atoms with Gasteiger partial charge in [-0.2, -0.15) is 0 Å². The van der Waals surface area contributed by atoms with Crippen molar-refractivity contribution in [1.82, 2.24) is 10.3 Å². The zero-order valence-electron chi connectivity index (χ0n) is 10.9. The van der Waals surface area contributed by atoms with Crippen LogP contribution in [0.2, 0.25) is 0 Å². The lowest BCUT2D eigenvalue weighted by atomic mass is 10.2. The van der Waals surface area contributed by atoms with Gasteiger partial charge in [0.25, 0.3) is 0 Å². The Kier molecular flexibility index (Phi) is 6.67. The van der Waals surface area contributed by atoms with Gasteiger partial charge >= 0.3 is 6.03 Å². The smallest absolute Gasteiger partial charge is 0.321 e. The van der Waals surface area contributed by atoms with Gasteiger partial charge in [-0.25, -0.2) is 9.78 Å². The molecule has 0 saturated carbocycles. The molecule has 1 atom stereocenters. The number of hydrogen-bond acceptors (Lipinski definition) is 4. The van der Waals surface area contributed by atoms with Gasteiger partial charge in [0.15, 0.2) is 5.13 Å². The highest BCUT2D eigenvalue weighted by Crippen LogP contribution is 2.18. The van der Waals surface area contributed by atoms with E-state index in [2.05, 4.69) is 22.5 Å². The predicted molar refractivity (Wildman–Crippen MR) is 74.0 cm³/mol. The Morgan fingerprint density at radius 2 is 2.33 bits per heavy atom. The van der Waals surface area contributed by atoms with Gasteiger partial charge in [0.05, 0.1) is 6.10 Å². The fourth-order valence-electron chi connectivity index (χ4n) is 1.43. The van der Waals surface area contributed by atoms with Crippen molar-refractivity contribution in [1.29, 1.82) is 0 Å². The number of rotatable bonds is 7. The van der Waals surface area contributed by atoms with E-state index in [0.29, 0.717) is 24.5 Å². The Morgan fingerprint density at radius 3 is 3.00 bits per heavy atom. The first-order chi connectivity index (χ1) is 8.65. The topological polar surface area (TPSA) is 74.2 Å². The average molecular weight is 271 g/mol. The van der Waals surface area contributed by atoms with Crippen molar-refractivity contribution in [2.75, 3.05) is 11.9 Å². The standard InChI is InChI=1S/C12H21N3O2S/c1-3-5-10-8-14-12(18-10)15-11(17)13-7-6-9(16)4-2/h8-9,16H,3-7H2,1-2H3,(H2,13,14,15,17). The molecule has 2 amide bonds. The van der Waals surface area contributed by atoms with E-state index in [0.717, 1.165) is 12.8 Å². The second-order valence-corrected chi connectivity index (χ2v) is 5.23. The first-order valence-corrected chi connectivity index (χ1v) is 7.15. The molecular formula is C12H21N3O2S. The van der Waals surface area contributed by atoms with Crippen LogP contribution in [0.3, 0.4) is 0 Å². The first kappa shape index (κ1) is 14.9. The fourth-order valence-corrected chi connectivity index (χ4v) is 2.33. The zero-order chi connectivity index (χ0) is 13.4. The maximum absolute atomic E-state index is 11.5.